The molecule has 1 aromatic carbocycles. The van der Waals surface area contributed by atoms with Gasteiger partial charge in [-0.15, -0.1) is 0 Å². The van der Waals surface area contributed by atoms with Gasteiger partial charge >= 0.3 is 6.18 Å². The molecular weight excluding hydrogens is 231 g/mol. The smallest absolute Gasteiger partial charge is 0.419 e. The highest BCUT2D eigenvalue weighted by molar-refractivity contribution is 5.35. The van der Waals surface area contributed by atoms with E-state index in [9.17, 15) is 13.2 Å². The molecule has 94 valence electrons. The Kier molecular flexibility index (Phi) is 3.28. The highest BCUT2D eigenvalue weighted by Gasteiger charge is 2.36. The van der Waals surface area contributed by atoms with Crippen LogP contribution in [0.15, 0.2) is 24.3 Å². The number of alkyl halides is 3. The maximum Gasteiger partial charge on any atom is 0.419 e. The van der Waals surface area contributed by atoms with E-state index in [-0.39, 0.29) is 11.9 Å². The van der Waals surface area contributed by atoms with Gasteiger partial charge in [0, 0.05) is 6.04 Å². The van der Waals surface area contributed by atoms with E-state index >= 15 is 0 Å². The predicted molar refractivity (Wildman–Crippen MR) is 57.9 cm³/mol. The summed E-state index contributed by atoms with van der Waals surface area (Å²) in [5.74, 6) is -0.0699. The van der Waals surface area contributed by atoms with Crippen molar-refractivity contribution in [2.24, 2.45) is 0 Å². The van der Waals surface area contributed by atoms with Crippen LogP contribution in [0.4, 0.5) is 13.2 Å². The molecule has 0 amide bonds. The Morgan fingerprint density at radius 2 is 1.88 bits per heavy atom. The minimum atomic E-state index is -4.36. The molecule has 2 nitrogen and oxygen atoms in total. The molecule has 0 atom stereocenters. The van der Waals surface area contributed by atoms with Crippen LogP contribution in [0.1, 0.15) is 18.4 Å². The number of halogens is 3. The van der Waals surface area contributed by atoms with Gasteiger partial charge in [0.1, 0.15) is 11.9 Å². The second-order valence-corrected chi connectivity index (χ2v) is 4.19. The molecule has 1 aliphatic carbocycles. The molecule has 5 heteroatoms. The number of benzene rings is 1. The molecule has 1 aromatic rings. The largest absolute Gasteiger partial charge is 0.490 e. The molecule has 0 aliphatic heterocycles. The maximum absolute atomic E-state index is 12.7. The zero-order chi connectivity index (χ0) is 12.5. The average molecular weight is 245 g/mol. The normalized spacial score (nSPS) is 24.2. The molecule has 0 unspecified atom stereocenters. The molecule has 1 saturated carbocycles. The molecule has 17 heavy (non-hydrogen) atoms. The van der Waals surface area contributed by atoms with E-state index in [0.717, 1.165) is 18.9 Å². The Balaban J connectivity index is 2.06. The lowest BCUT2D eigenvalue weighted by Crippen LogP contribution is -2.45. The summed E-state index contributed by atoms with van der Waals surface area (Å²) in [6, 6.07) is 5.70. The molecule has 1 aliphatic rings. The molecule has 0 spiro atoms. The second-order valence-electron chi connectivity index (χ2n) is 4.19. The second kappa shape index (κ2) is 4.56. The topological polar surface area (TPSA) is 21.3 Å². The van der Waals surface area contributed by atoms with Gasteiger partial charge in [-0.1, -0.05) is 12.1 Å². The van der Waals surface area contributed by atoms with Gasteiger partial charge < -0.3 is 10.1 Å². The Labute approximate surface area is 97.8 Å². The van der Waals surface area contributed by atoms with E-state index in [0.29, 0.717) is 6.04 Å². The first-order valence-corrected chi connectivity index (χ1v) is 5.51. The van der Waals surface area contributed by atoms with Gasteiger partial charge in [0.25, 0.3) is 0 Å². The molecule has 0 aromatic heterocycles. The Morgan fingerprint density at radius 1 is 1.24 bits per heavy atom. The lowest BCUT2D eigenvalue weighted by Gasteiger charge is -2.35. The third-order valence-corrected chi connectivity index (χ3v) is 2.99. The van der Waals surface area contributed by atoms with Crippen LogP contribution in [-0.2, 0) is 6.18 Å². The summed E-state index contributed by atoms with van der Waals surface area (Å²) in [5, 5.41) is 3.06. The molecule has 1 N–H and O–H groups in total. The van der Waals surface area contributed by atoms with E-state index in [1.54, 1.807) is 6.07 Å². The van der Waals surface area contributed by atoms with Crippen LogP contribution in [0.25, 0.3) is 0 Å². The van der Waals surface area contributed by atoms with Crippen molar-refractivity contribution in [3.63, 3.8) is 0 Å². The van der Waals surface area contributed by atoms with Crippen LogP contribution in [-0.4, -0.2) is 19.2 Å². The van der Waals surface area contributed by atoms with Crippen molar-refractivity contribution >= 4 is 0 Å². The standard InChI is InChI=1S/C12H14F3NO/c1-16-8-6-9(7-8)17-11-5-3-2-4-10(11)12(13,14)15/h2-5,8-9,16H,6-7H2,1H3. The van der Waals surface area contributed by atoms with Gasteiger partial charge in [-0.05, 0) is 32.0 Å². The summed E-state index contributed by atoms with van der Waals surface area (Å²) >= 11 is 0. The van der Waals surface area contributed by atoms with Crippen molar-refractivity contribution in [1.29, 1.82) is 0 Å². The molecule has 2 rings (SSSR count). The fourth-order valence-electron chi connectivity index (χ4n) is 1.88. The zero-order valence-corrected chi connectivity index (χ0v) is 9.42. The zero-order valence-electron chi connectivity index (χ0n) is 9.42. The summed E-state index contributed by atoms with van der Waals surface area (Å²) in [4.78, 5) is 0. The van der Waals surface area contributed by atoms with Crippen LogP contribution < -0.4 is 10.1 Å². The summed E-state index contributed by atoms with van der Waals surface area (Å²) in [5.41, 5.74) is -0.701. The number of hydrogen-bond donors (Lipinski definition) is 1. The summed E-state index contributed by atoms with van der Waals surface area (Å²) in [7, 11) is 1.84. The minimum Gasteiger partial charge on any atom is -0.490 e. The first-order chi connectivity index (χ1) is 8.00. The summed E-state index contributed by atoms with van der Waals surface area (Å²) < 4.78 is 43.4. The van der Waals surface area contributed by atoms with Gasteiger partial charge in [0.15, 0.2) is 0 Å². The molecule has 0 heterocycles. The number of hydrogen-bond acceptors (Lipinski definition) is 2. The molecular formula is C12H14F3NO. The van der Waals surface area contributed by atoms with Crippen molar-refractivity contribution in [3.8, 4) is 5.75 Å². The van der Waals surface area contributed by atoms with Gasteiger partial charge in [-0.2, -0.15) is 13.2 Å². The molecule has 0 radical (unpaired) electrons. The fourth-order valence-corrected chi connectivity index (χ4v) is 1.88. The third kappa shape index (κ3) is 2.72. The lowest BCUT2D eigenvalue weighted by atomic mass is 9.89. The fraction of sp³-hybridized carbons (Fsp3) is 0.500. The third-order valence-electron chi connectivity index (χ3n) is 2.99. The van der Waals surface area contributed by atoms with Crippen LogP contribution in [0.2, 0.25) is 0 Å². The van der Waals surface area contributed by atoms with Crippen molar-refractivity contribution in [3.05, 3.63) is 29.8 Å². The Bertz CT molecular complexity index is 386. The van der Waals surface area contributed by atoms with Crippen LogP contribution in [0.5, 0.6) is 5.75 Å². The summed E-state index contributed by atoms with van der Waals surface area (Å²) in [6.45, 7) is 0. The van der Waals surface area contributed by atoms with Crippen LogP contribution in [0, 0.1) is 0 Å². The predicted octanol–water partition coefficient (Wildman–Crippen LogP) is 2.83. The van der Waals surface area contributed by atoms with Gasteiger partial charge in [0.05, 0.1) is 5.56 Å². The van der Waals surface area contributed by atoms with E-state index < -0.39 is 11.7 Å². The minimum absolute atomic E-state index is 0.0699. The number of rotatable bonds is 3. The quantitative estimate of drug-likeness (QED) is 0.884. The van der Waals surface area contributed by atoms with Gasteiger partial charge in [-0.3, -0.25) is 0 Å². The molecule has 1 fully saturated rings. The maximum atomic E-state index is 12.7. The van der Waals surface area contributed by atoms with E-state index in [1.807, 2.05) is 7.05 Å². The van der Waals surface area contributed by atoms with E-state index in [1.165, 1.54) is 12.1 Å². The van der Waals surface area contributed by atoms with Gasteiger partial charge in [0.2, 0.25) is 0 Å². The Hall–Kier alpha value is -1.23. The van der Waals surface area contributed by atoms with Crippen molar-refractivity contribution in [2.45, 2.75) is 31.2 Å². The SMILES string of the molecule is CNC1CC(Oc2ccccc2C(F)(F)F)C1. The first kappa shape index (κ1) is 12.2. The molecule has 0 bridgehead atoms. The average Bonchev–Trinajstić information content (AvgIpc) is 2.22. The molecule has 0 saturated heterocycles. The number of nitrogens with one attached hydrogen (secondary N) is 1. The van der Waals surface area contributed by atoms with Crippen LogP contribution >= 0.6 is 0 Å². The van der Waals surface area contributed by atoms with Gasteiger partial charge in [-0.25, -0.2) is 0 Å². The monoisotopic (exact) mass is 245 g/mol. The van der Waals surface area contributed by atoms with E-state index in [2.05, 4.69) is 5.32 Å². The van der Waals surface area contributed by atoms with Crippen molar-refractivity contribution in [2.75, 3.05) is 7.05 Å². The van der Waals surface area contributed by atoms with Crippen molar-refractivity contribution < 1.29 is 17.9 Å². The van der Waals surface area contributed by atoms with Crippen molar-refractivity contribution in [1.82, 2.24) is 5.32 Å². The lowest BCUT2D eigenvalue weighted by molar-refractivity contribution is -0.139. The number of para-hydroxylation sites is 1. The summed E-state index contributed by atoms with van der Waals surface area (Å²) in [6.07, 6.45) is -2.97. The highest BCUT2D eigenvalue weighted by Crippen LogP contribution is 2.37. The number of ether oxygens (including phenoxy) is 1. The highest BCUT2D eigenvalue weighted by atomic mass is 19.4. The Morgan fingerprint density at radius 3 is 2.47 bits per heavy atom. The van der Waals surface area contributed by atoms with E-state index in [4.69, 9.17) is 4.74 Å². The first-order valence-electron chi connectivity index (χ1n) is 5.51. The van der Waals surface area contributed by atoms with Crippen LogP contribution in [0.3, 0.4) is 0 Å².